The Balaban J connectivity index is 1.72. The fourth-order valence-electron chi connectivity index (χ4n) is 4.21. The van der Waals surface area contributed by atoms with E-state index in [1.165, 1.54) is 0 Å². The number of alkyl halides is 2. The standard InChI is InChI=1S/C12H14F2O7S/c1-10(13,14)9(15)20-11-5-6-4-7(11)8(22(16,17)21-11)12(6)18-2-3-19-12/h6-8H,2-5H2,1H3. The van der Waals surface area contributed by atoms with Crippen LogP contribution >= 0.6 is 0 Å². The van der Waals surface area contributed by atoms with Crippen LogP contribution in [0.1, 0.15) is 19.8 Å². The first-order valence-electron chi connectivity index (χ1n) is 6.94. The average Bonchev–Trinajstić information content (AvgIpc) is 3.04. The lowest BCUT2D eigenvalue weighted by atomic mass is 9.88. The lowest BCUT2D eigenvalue weighted by Gasteiger charge is -2.37. The van der Waals surface area contributed by atoms with E-state index in [9.17, 15) is 22.0 Å². The maximum atomic E-state index is 13.1. The van der Waals surface area contributed by atoms with Crippen molar-refractivity contribution in [2.45, 2.75) is 42.5 Å². The minimum Gasteiger partial charge on any atom is -0.427 e. The van der Waals surface area contributed by atoms with Crippen molar-refractivity contribution in [1.82, 2.24) is 0 Å². The molecule has 4 aliphatic rings. The second-order valence-corrected chi connectivity index (χ2v) is 7.91. The van der Waals surface area contributed by atoms with Crippen molar-refractivity contribution in [3.8, 4) is 0 Å². The van der Waals surface area contributed by atoms with Gasteiger partial charge in [-0.05, 0) is 6.42 Å². The van der Waals surface area contributed by atoms with E-state index < -0.39 is 44.8 Å². The van der Waals surface area contributed by atoms with Gasteiger partial charge in [0.2, 0.25) is 5.79 Å². The van der Waals surface area contributed by atoms with Gasteiger partial charge >= 0.3 is 11.9 Å². The maximum Gasteiger partial charge on any atom is 0.379 e. The molecule has 7 nitrogen and oxygen atoms in total. The lowest BCUT2D eigenvalue weighted by molar-refractivity contribution is -0.249. The topological polar surface area (TPSA) is 88.1 Å². The molecule has 124 valence electrons. The first-order valence-corrected chi connectivity index (χ1v) is 8.41. The van der Waals surface area contributed by atoms with E-state index >= 15 is 0 Å². The van der Waals surface area contributed by atoms with E-state index in [0.717, 1.165) is 0 Å². The van der Waals surface area contributed by atoms with Crippen molar-refractivity contribution in [2.24, 2.45) is 11.8 Å². The molecule has 1 spiro atoms. The molecule has 0 aromatic carbocycles. The lowest BCUT2D eigenvalue weighted by Crippen LogP contribution is -2.54. The Bertz CT molecular complexity index is 636. The van der Waals surface area contributed by atoms with Gasteiger partial charge in [0.25, 0.3) is 10.1 Å². The number of esters is 1. The second-order valence-electron chi connectivity index (χ2n) is 6.25. The third-order valence-corrected chi connectivity index (χ3v) is 6.69. The number of carbonyl (C=O) groups excluding carboxylic acids is 1. The largest absolute Gasteiger partial charge is 0.427 e. The summed E-state index contributed by atoms with van der Waals surface area (Å²) >= 11 is 0. The molecule has 0 aromatic heterocycles. The number of rotatable bonds is 2. The van der Waals surface area contributed by atoms with Crippen LogP contribution in [0.4, 0.5) is 8.78 Å². The molecule has 22 heavy (non-hydrogen) atoms. The minimum absolute atomic E-state index is 0.0325. The molecule has 2 saturated carbocycles. The fourth-order valence-corrected chi connectivity index (χ4v) is 6.38. The second kappa shape index (κ2) is 3.97. The van der Waals surface area contributed by atoms with Gasteiger partial charge in [0.05, 0.1) is 19.1 Å². The molecule has 0 radical (unpaired) electrons. The average molecular weight is 340 g/mol. The molecule has 4 fully saturated rings. The van der Waals surface area contributed by atoms with Crippen LogP contribution in [0, 0.1) is 11.8 Å². The van der Waals surface area contributed by atoms with Crippen LogP contribution < -0.4 is 0 Å². The summed E-state index contributed by atoms with van der Waals surface area (Å²) in [6.07, 6.45) is 0.293. The molecule has 2 saturated heterocycles. The molecule has 2 aliphatic carbocycles. The number of hydrogen-bond donors (Lipinski definition) is 0. The van der Waals surface area contributed by atoms with Crippen molar-refractivity contribution in [3.05, 3.63) is 0 Å². The van der Waals surface area contributed by atoms with E-state index in [-0.39, 0.29) is 25.6 Å². The first-order chi connectivity index (χ1) is 10.1. The highest BCUT2D eigenvalue weighted by Gasteiger charge is 2.81. The van der Waals surface area contributed by atoms with Crippen molar-refractivity contribution >= 4 is 16.1 Å². The molecule has 4 atom stereocenters. The Morgan fingerprint density at radius 1 is 1.32 bits per heavy atom. The van der Waals surface area contributed by atoms with Crippen LogP contribution in [0.3, 0.4) is 0 Å². The van der Waals surface area contributed by atoms with Crippen LogP contribution in [0.15, 0.2) is 0 Å². The summed E-state index contributed by atoms with van der Waals surface area (Å²) in [5.41, 5.74) is 0. The number of hydrogen-bond acceptors (Lipinski definition) is 7. The zero-order valence-electron chi connectivity index (χ0n) is 11.6. The Hall–Kier alpha value is -0.840. The van der Waals surface area contributed by atoms with Gasteiger partial charge in [-0.1, -0.05) is 0 Å². The molecule has 4 unspecified atom stereocenters. The van der Waals surface area contributed by atoms with Gasteiger partial charge in [-0.3, -0.25) is 0 Å². The molecular formula is C12H14F2O7S. The summed E-state index contributed by atoms with van der Waals surface area (Å²) in [7, 11) is -4.14. The minimum atomic E-state index is -4.14. The summed E-state index contributed by atoms with van der Waals surface area (Å²) in [6, 6.07) is 0. The third-order valence-electron chi connectivity index (χ3n) is 4.90. The van der Waals surface area contributed by atoms with Gasteiger partial charge in [0.1, 0.15) is 5.25 Å². The molecule has 2 aliphatic heterocycles. The third kappa shape index (κ3) is 1.64. The fraction of sp³-hybridized carbons (Fsp3) is 0.917. The number of ether oxygens (including phenoxy) is 3. The number of halogens is 2. The molecule has 0 N–H and O–H groups in total. The van der Waals surface area contributed by atoms with E-state index in [1.54, 1.807) is 0 Å². The van der Waals surface area contributed by atoms with Gasteiger partial charge in [-0.25, -0.2) is 8.98 Å². The molecule has 2 heterocycles. The zero-order valence-corrected chi connectivity index (χ0v) is 12.4. The van der Waals surface area contributed by atoms with E-state index in [2.05, 4.69) is 0 Å². The van der Waals surface area contributed by atoms with Crippen molar-refractivity contribution < 1.29 is 40.4 Å². The van der Waals surface area contributed by atoms with E-state index in [4.69, 9.17) is 18.4 Å². The van der Waals surface area contributed by atoms with Gasteiger partial charge < -0.3 is 14.2 Å². The van der Waals surface area contributed by atoms with Gasteiger partial charge in [-0.2, -0.15) is 17.2 Å². The molecule has 10 heteroatoms. The van der Waals surface area contributed by atoms with Crippen LogP contribution in [0.25, 0.3) is 0 Å². The normalized spacial score (nSPS) is 43.9. The smallest absolute Gasteiger partial charge is 0.379 e. The predicted molar refractivity (Wildman–Crippen MR) is 64.1 cm³/mol. The van der Waals surface area contributed by atoms with Gasteiger partial charge in [0.15, 0.2) is 5.79 Å². The molecule has 0 aromatic rings. The Morgan fingerprint density at radius 2 is 1.95 bits per heavy atom. The molecule has 4 rings (SSSR count). The summed E-state index contributed by atoms with van der Waals surface area (Å²) < 4.78 is 71.7. The van der Waals surface area contributed by atoms with Crippen LogP contribution in [-0.2, 0) is 33.3 Å². The molecule has 0 amide bonds. The number of fused-ring (bicyclic) bond motifs is 3. The SMILES string of the molecule is CC(F)(F)C(=O)OC12CC3CC1C(C31OCCO1)S(=O)(=O)O2. The summed E-state index contributed by atoms with van der Waals surface area (Å²) in [5, 5.41) is -1.15. The highest BCUT2D eigenvalue weighted by molar-refractivity contribution is 7.87. The monoisotopic (exact) mass is 340 g/mol. The van der Waals surface area contributed by atoms with E-state index in [1.807, 2.05) is 0 Å². The predicted octanol–water partition coefficient (Wildman–Crippen LogP) is 0.393. The van der Waals surface area contributed by atoms with Crippen LogP contribution in [0.2, 0.25) is 0 Å². The van der Waals surface area contributed by atoms with Crippen molar-refractivity contribution in [1.29, 1.82) is 0 Å². The molecular weight excluding hydrogens is 326 g/mol. The van der Waals surface area contributed by atoms with Gasteiger partial charge in [-0.15, -0.1) is 0 Å². The van der Waals surface area contributed by atoms with Crippen molar-refractivity contribution in [2.75, 3.05) is 13.2 Å². The quantitative estimate of drug-likeness (QED) is 0.531. The van der Waals surface area contributed by atoms with Gasteiger partial charge in [0, 0.05) is 19.3 Å². The van der Waals surface area contributed by atoms with E-state index in [0.29, 0.717) is 13.3 Å². The Labute approximate surface area is 125 Å². The maximum absolute atomic E-state index is 13.1. The highest BCUT2D eigenvalue weighted by atomic mass is 32.2. The number of carbonyl (C=O) groups is 1. The van der Waals surface area contributed by atoms with Crippen LogP contribution in [-0.4, -0.2) is 50.3 Å². The Morgan fingerprint density at radius 3 is 2.55 bits per heavy atom. The molecule has 2 bridgehead atoms. The highest BCUT2D eigenvalue weighted by Crippen LogP contribution is 2.66. The first kappa shape index (κ1) is 14.7. The van der Waals surface area contributed by atoms with Crippen LogP contribution in [0.5, 0.6) is 0 Å². The van der Waals surface area contributed by atoms with Crippen molar-refractivity contribution in [3.63, 3.8) is 0 Å². The zero-order chi connectivity index (χ0) is 16.0. The summed E-state index contributed by atoms with van der Waals surface area (Å²) in [4.78, 5) is 11.5. The summed E-state index contributed by atoms with van der Waals surface area (Å²) in [5.74, 6) is -9.80. The summed E-state index contributed by atoms with van der Waals surface area (Å²) in [6.45, 7) is 0.912. The Kier molecular flexibility index (Phi) is 2.66.